The lowest BCUT2D eigenvalue weighted by Gasteiger charge is -2.33. The van der Waals surface area contributed by atoms with E-state index in [0.717, 1.165) is 18.5 Å². The van der Waals surface area contributed by atoms with Crippen LogP contribution in [0.25, 0.3) is 0 Å². The van der Waals surface area contributed by atoms with Crippen LogP contribution in [0.1, 0.15) is 66.7 Å². The van der Waals surface area contributed by atoms with Crippen molar-refractivity contribution < 1.29 is 4.74 Å². The second-order valence-electron chi connectivity index (χ2n) is 8.02. The van der Waals surface area contributed by atoms with E-state index >= 15 is 0 Å². The number of rotatable bonds is 5. The molecule has 2 aliphatic rings. The first kappa shape index (κ1) is 14.3. The van der Waals surface area contributed by atoms with Crippen LogP contribution in [0.15, 0.2) is 0 Å². The van der Waals surface area contributed by atoms with Crippen LogP contribution < -0.4 is 5.32 Å². The minimum Gasteiger partial charge on any atom is -0.372 e. The predicted octanol–water partition coefficient (Wildman–Crippen LogP) is 3.75. The van der Waals surface area contributed by atoms with E-state index in [0.29, 0.717) is 11.5 Å². The number of hydrogen-bond donors (Lipinski definition) is 1. The zero-order valence-corrected chi connectivity index (χ0v) is 12.9. The van der Waals surface area contributed by atoms with Gasteiger partial charge in [0.15, 0.2) is 0 Å². The largest absolute Gasteiger partial charge is 0.372 e. The van der Waals surface area contributed by atoms with Gasteiger partial charge in [-0.1, -0.05) is 20.8 Å². The Morgan fingerprint density at radius 1 is 1.22 bits per heavy atom. The molecule has 1 N–H and O–H groups in total. The fourth-order valence-electron chi connectivity index (χ4n) is 2.90. The Morgan fingerprint density at radius 2 is 1.89 bits per heavy atom. The van der Waals surface area contributed by atoms with Gasteiger partial charge in [0.25, 0.3) is 0 Å². The van der Waals surface area contributed by atoms with Gasteiger partial charge in [-0.15, -0.1) is 0 Å². The number of hydrogen-bond acceptors (Lipinski definition) is 2. The van der Waals surface area contributed by atoms with E-state index in [1.807, 2.05) is 0 Å². The molecule has 0 amide bonds. The molecule has 2 fully saturated rings. The Balaban J connectivity index is 1.84. The molecule has 18 heavy (non-hydrogen) atoms. The van der Waals surface area contributed by atoms with Crippen molar-refractivity contribution in [2.24, 2.45) is 11.3 Å². The lowest BCUT2D eigenvalue weighted by molar-refractivity contribution is -0.0316. The molecule has 2 rings (SSSR count). The highest BCUT2D eigenvalue weighted by Gasteiger charge is 2.36. The molecule has 0 aromatic heterocycles. The van der Waals surface area contributed by atoms with Crippen LogP contribution in [-0.2, 0) is 4.74 Å². The van der Waals surface area contributed by atoms with E-state index < -0.39 is 0 Å². The van der Waals surface area contributed by atoms with E-state index in [1.54, 1.807) is 0 Å². The standard InChI is InChI=1S/C16H31NO/c1-15(2,3)12(11-17-13-6-7-13)10-14-8-9-16(4,5)18-14/h12-14,17H,6-11H2,1-5H3. The predicted molar refractivity (Wildman–Crippen MR) is 76.8 cm³/mol. The summed E-state index contributed by atoms with van der Waals surface area (Å²) in [5, 5.41) is 3.70. The maximum atomic E-state index is 6.17. The van der Waals surface area contributed by atoms with E-state index in [9.17, 15) is 0 Å². The average molecular weight is 253 g/mol. The molecule has 0 aromatic carbocycles. The fourth-order valence-corrected chi connectivity index (χ4v) is 2.90. The lowest BCUT2D eigenvalue weighted by atomic mass is 9.77. The van der Waals surface area contributed by atoms with E-state index in [4.69, 9.17) is 4.74 Å². The van der Waals surface area contributed by atoms with Gasteiger partial charge >= 0.3 is 0 Å². The van der Waals surface area contributed by atoms with Crippen LogP contribution in [0.4, 0.5) is 0 Å². The third-order valence-corrected chi connectivity index (χ3v) is 4.56. The monoisotopic (exact) mass is 253 g/mol. The van der Waals surface area contributed by atoms with Gasteiger partial charge in [0, 0.05) is 6.04 Å². The third kappa shape index (κ3) is 4.24. The van der Waals surface area contributed by atoms with Crippen LogP contribution in [-0.4, -0.2) is 24.3 Å². The molecule has 1 saturated carbocycles. The SMILES string of the molecule is CC1(C)CCC(CC(CNC2CC2)C(C)(C)C)O1. The Hall–Kier alpha value is -0.0800. The zero-order chi connectivity index (χ0) is 13.4. The van der Waals surface area contributed by atoms with Crippen LogP contribution in [0, 0.1) is 11.3 Å². The maximum Gasteiger partial charge on any atom is 0.0631 e. The summed E-state index contributed by atoms with van der Waals surface area (Å²) >= 11 is 0. The van der Waals surface area contributed by atoms with Crippen molar-refractivity contribution in [1.82, 2.24) is 5.32 Å². The van der Waals surface area contributed by atoms with Crippen molar-refractivity contribution in [3.05, 3.63) is 0 Å². The van der Waals surface area contributed by atoms with Crippen molar-refractivity contribution in [2.45, 2.75) is 84.5 Å². The van der Waals surface area contributed by atoms with Crippen molar-refractivity contribution in [2.75, 3.05) is 6.54 Å². The number of ether oxygens (including phenoxy) is 1. The van der Waals surface area contributed by atoms with E-state index in [1.165, 1.54) is 32.1 Å². The first-order valence-corrected chi connectivity index (χ1v) is 7.67. The molecule has 0 radical (unpaired) electrons. The summed E-state index contributed by atoms with van der Waals surface area (Å²) in [6.07, 6.45) is 6.90. The summed E-state index contributed by atoms with van der Waals surface area (Å²) in [5.74, 6) is 0.719. The average Bonchev–Trinajstić information content (AvgIpc) is 2.97. The smallest absolute Gasteiger partial charge is 0.0631 e. The minimum atomic E-state index is 0.108. The van der Waals surface area contributed by atoms with Gasteiger partial charge in [0.1, 0.15) is 0 Å². The summed E-state index contributed by atoms with van der Waals surface area (Å²) in [6.45, 7) is 12.7. The molecular formula is C16H31NO. The van der Waals surface area contributed by atoms with Gasteiger partial charge < -0.3 is 10.1 Å². The molecule has 1 heterocycles. The molecule has 2 atom stereocenters. The quantitative estimate of drug-likeness (QED) is 0.805. The first-order chi connectivity index (χ1) is 8.26. The van der Waals surface area contributed by atoms with Gasteiger partial charge in [-0.25, -0.2) is 0 Å². The van der Waals surface area contributed by atoms with Gasteiger partial charge in [0.05, 0.1) is 11.7 Å². The Bertz CT molecular complexity index is 275. The molecule has 1 saturated heterocycles. The number of nitrogens with one attached hydrogen (secondary N) is 1. The maximum absolute atomic E-state index is 6.17. The van der Waals surface area contributed by atoms with Crippen LogP contribution in [0.2, 0.25) is 0 Å². The Labute approximate surface area is 113 Å². The van der Waals surface area contributed by atoms with Gasteiger partial charge in [-0.2, -0.15) is 0 Å². The third-order valence-electron chi connectivity index (χ3n) is 4.56. The fraction of sp³-hybridized carbons (Fsp3) is 1.00. The topological polar surface area (TPSA) is 21.3 Å². The summed E-state index contributed by atoms with van der Waals surface area (Å²) in [7, 11) is 0. The van der Waals surface area contributed by atoms with Crippen LogP contribution in [0.5, 0.6) is 0 Å². The van der Waals surface area contributed by atoms with E-state index in [2.05, 4.69) is 39.9 Å². The first-order valence-electron chi connectivity index (χ1n) is 7.67. The highest BCUT2D eigenvalue weighted by Crippen LogP contribution is 2.37. The molecule has 0 spiro atoms. The molecule has 0 bridgehead atoms. The molecule has 1 aliphatic heterocycles. The molecule has 2 unspecified atom stereocenters. The van der Waals surface area contributed by atoms with Crippen molar-refractivity contribution in [3.63, 3.8) is 0 Å². The summed E-state index contributed by atoms with van der Waals surface area (Å²) in [6, 6.07) is 0.816. The molecule has 1 aliphatic carbocycles. The van der Waals surface area contributed by atoms with Gasteiger partial charge in [-0.3, -0.25) is 0 Å². The summed E-state index contributed by atoms with van der Waals surface area (Å²) in [4.78, 5) is 0. The summed E-state index contributed by atoms with van der Waals surface area (Å²) < 4.78 is 6.17. The second kappa shape index (κ2) is 5.13. The van der Waals surface area contributed by atoms with Crippen molar-refractivity contribution in [3.8, 4) is 0 Å². The van der Waals surface area contributed by atoms with E-state index in [-0.39, 0.29) is 5.60 Å². The van der Waals surface area contributed by atoms with Crippen molar-refractivity contribution in [1.29, 1.82) is 0 Å². The molecule has 2 nitrogen and oxygen atoms in total. The van der Waals surface area contributed by atoms with Crippen molar-refractivity contribution >= 4 is 0 Å². The van der Waals surface area contributed by atoms with Gasteiger partial charge in [-0.05, 0) is 63.8 Å². The normalized spacial score (nSPS) is 29.5. The van der Waals surface area contributed by atoms with Crippen LogP contribution in [0.3, 0.4) is 0 Å². The Morgan fingerprint density at radius 3 is 2.33 bits per heavy atom. The highest BCUT2D eigenvalue weighted by molar-refractivity contribution is 4.88. The molecule has 2 heteroatoms. The highest BCUT2D eigenvalue weighted by atomic mass is 16.5. The minimum absolute atomic E-state index is 0.108. The summed E-state index contributed by atoms with van der Waals surface area (Å²) in [5.41, 5.74) is 0.481. The molecular weight excluding hydrogens is 222 g/mol. The Kier molecular flexibility index (Phi) is 4.08. The van der Waals surface area contributed by atoms with Crippen LogP contribution >= 0.6 is 0 Å². The molecule has 0 aromatic rings. The second-order valence-corrected chi connectivity index (χ2v) is 8.02. The lowest BCUT2D eigenvalue weighted by Crippen LogP contribution is -2.35. The molecule has 106 valence electrons. The zero-order valence-electron chi connectivity index (χ0n) is 12.9. The van der Waals surface area contributed by atoms with Gasteiger partial charge in [0.2, 0.25) is 0 Å².